The van der Waals surface area contributed by atoms with E-state index in [1.807, 2.05) is 0 Å². The molecule has 0 nitrogen and oxygen atoms in total. The van der Waals surface area contributed by atoms with Crippen molar-refractivity contribution in [2.24, 2.45) is 23.2 Å². The van der Waals surface area contributed by atoms with E-state index in [1.54, 1.807) is 0 Å². The zero-order valence-corrected chi connectivity index (χ0v) is 10.9. The molecule has 0 aromatic carbocycles. The molecule has 0 N–H and O–H groups in total. The molecule has 0 aromatic heterocycles. The SMILES string of the molecule is CC(C)(C)C1CC2CCCCC(CC2)C1. The maximum atomic E-state index is 2.45. The van der Waals surface area contributed by atoms with Crippen LogP contribution < -0.4 is 0 Å². The van der Waals surface area contributed by atoms with Gasteiger partial charge >= 0.3 is 0 Å². The van der Waals surface area contributed by atoms with Crippen LogP contribution >= 0.6 is 0 Å². The summed E-state index contributed by atoms with van der Waals surface area (Å²) in [7, 11) is 0. The van der Waals surface area contributed by atoms with Gasteiger partial charge in [0.25, 0.3) is 0 Å². The van der Waals surface area contributed by atoms with Gasteiger partial charge in [-0.3, -0.25) is 0 Å². The first-order chi connectivity index (χ1) is 7.05. The van der Waals surface area contributed by atoms with Crippen LogP contribution in [-0.2, 0) is 0 Å². The minimum absolute atomic E-state index is 0.547. The van der Waals surface area contributed by atoms with E-state index in [4.69, 9.17) is 0 Å². The fourth-order valence-corrected chi connectivity index (χ4v) is 3.71. The van der Waals surface area contributed by atoms with E-state index in [-0.39, 0.29) is 0 Å². The maximum absolute atomic E-state index is 2.45. The van der Waals surface area contributed by atoms with E-state index in [0.717, 1.165) is 17.8 Å². The smallest absolute Gasteiger partial charge is 0.0354 e. The highest BCUT2D eigenvalue weighted by Crippen LogP contribution is 2.45. The molecule has 0 aliphatic heterocycles. The summed E-state index contributed by atoms with van der Waals surface area (Å²) in [5.41, 5.74) is 0.547. The van der Waals surface area contributed by atoms with Gasteiger partial charge in [-0.1, -0.05) is 59.3 Å². The Balaban J connectivity index is 2.09. The zero-order chi connectivity index (χ0) is 10.9. The van der Waals surface area contributed by atoms with Gasteiger partial charge in [0.2, 0.25) is 0 Å². The van der Waals surface area contributed by atoms with E-state index in [9.17, 15) is 0 Å². The van der Waals surface area contributed by atoms with Crippen LogP contribution in [0, 0.1) is 23.2 Å². The van der Waals surface area contributed by atoms with Crippen molar-refractivity contribution in [1.82, 2.24) is 0 Å². The average Bonchev–Trinajstić information content (AvgIpc) is 2.23. The van der Waals surface area contributed by atoms with Crippen molar-refractivity contribution < 1.29 is 0 Å². The Morgan fingerprint density at radius 3 is 1.60 bits per heavy atom. The molecule has 2 bridgehead atoms. The van der Waals surface area contributed by atoms with E-state index in [2.05, 4.69) is 20.8 Å². The summed E-state index contributed by atoms with van der Waals surface area (Å²) in [5.74, 6) is 3.13. The summed E-state index contributed by atoms with van der Waals surface area (Å²) < 4.78 is 0. The Kier molecular flexibility index (Phi) is 3.42. The zero-order valence-electron chi connectivity index (χ0n) is 10.9. The van der Waals surface area contributed by atoms with Crippen molar-refractivity contribution in [1.29, 1.82) is 0 Å². The third-order valence-electron chi connectivity index (χ3n) is 4.92. The summed E-state index contributed by atoms with van der Waals surface area (Å²) in [6, 6.07) is 0. The van der Waals surface area contributed by atoms with Gasteiger partial charge < -0.3 is 0 Å². The highest BCUT2D eigenvalue weighted by atomic mass is 14.4. The lowest BCUT2D eigenvalue weighted by Crippen LogP contribution is -2.23. The fourth-order valence-electron chi connectivity index (χ4n) is 3.71. The highest BCUT2D eigenvalue weighted by molar-refractivity contribution is 4.84. The first kappa shape index (κ1) is 11.5. The molecule has 0 amide bonds. The van der Waals surface area contributed by atoms with Crippen molar-refractivity contribution in [2.75, 3.05) is 0 Å². The molecule has 0 spiro atoms. The lowest BCUT2D eigenvalue weighted by Gasteiger charge is -2.32. The Bertz CT molecular complexity index is 183. The van der Waals surface area contributed by atoms with Crippen LogP contribution in [0.4, 0.5) is 0 Å². The van der Waals surface area contributed by atoms with Gasteiger partial charge in [0, 0.05) is 0 Å². The summed E-state index contributed by atoms with van der Waals surface area (Å²) >= 11 is 0. The summed E-state index contributed by atoms with van der Waals surface area (Å²) in [4.78, 5) is 0. The topological polar surface area (TPSA) is 0 Å². The second-order valence-electron chi connectivity index (χ2n) is 7.13. The van der Waals surface area contributed by atoms with Gasteiger partial charge in [-0.2, -0.15) is 0 Å². The van der Waals surface area contributed by atoms with Gasteiger partial charge in [-0.15, -0.1) is 0 Å². The third-order valence-corrected chi connectivity index (χ3v) is 4.92. The number of hydrogen-bond acceptors (Lipinski definition) is 0. The summed E-state index contributed by atoms with van der Waals surface area (Å²) in [5, 5.41) is 0. The molecular weight excluding hydrogens is 180 g/mol. The maximum Gasteiger partial charge on any atom is -0.0354 e. The molecule has 0 heterocycles. The van der Waals surface area contributed by atoms with Crippen molar-refractivity contribution in [3.8, 4) is 0 Å². The fraction of sp³-hybridized carbons (Fsp3) is 1.00. The molecule has 2 fully saturated rings. The van der Waals surface area contributed by atoms with E-state index in [0.29, 0.717) is 5.41 Å². The van der Waals surface area contributed by atoms with E-state index >= 15 is 0 Å². The van der Waals surface area contributed by atoms with E-state index in [1.165, 1.54) is 51.4 Å². The first-order valence-electron chi connectivity index (χ1n) is 7.05. The van der Waals surface area contributed by atoms with Crippen LogP contribution in [0.25, 0.3) is 0 Å². The van der Waals surface area contributed by atoms with Crippen molar-refractivity contribution >= 4 is 0 Å². The molecule has 2 unspecified atom stereocenters. The van der Waals surface area contributed by atoms with Crippen LogP contribution in [0.2, 0.25) is 0 Å². The van der Waals surface area contributed by atoms with Crippen molar-refractivity contribution in [2.45, 2.75) is 72.1 Å². The minimum Gasteiger partial charge on any atom is -0.0599 e. The van der Waals surface area contributed by atoms with Crippen LogP contribution in [-0.4, -0.2) is 0 Å². The van der Waals surface area contributed by atoms with Crippen LogP contribution in [0.5, 0.6) is 0 Å². The van der Waals surface area contributed by atoms with Gasteiger partial charge in [0.1, 0.15) is 0 Å². The molecular formula is C15H28. The number of fused-ring (bicyclic) bond motifs is 3. The Hall–Kier alpha value is 0. The lowest BCUT2D eigenvalue weighted by molar-refractivity contribution is 0.179. The predicted molar refractivity (Wildman–Crippen MR) is 66.9 cm³/mol. The second-order valence-corrected chi connectivity index (χ2v) is 7.13. The van der Waals surface area contributed by atoms with Gasteiger partial charge in [0.15, 0.2) is 0 Å². The van der Waals surface area contributed by atoms with Crippen molar-refractivity contribution in [3.05, 3.63) is 0 Å². The van der Waals surface area contributed by atoms with Crippen LogP contribution in [0.3, 0.4) is 0 Å². The molecule has 88 valence electrons. The Morgan fingerprint density at radius 2 is 1.20 bits per heavy atom. The quantitative estimate of drug-likeness (QED) is 0.524. The average molecular weight is 208 g/mol. The number of rotatable bonds is 0. The molecule has 2 aliphatic carbocycles. The molecule has 2 atom stereocenters. The molecule has 0 aromatic rings. The lowest BCUT2D eigenvalue weighted by atomic mass is 9.73. The molecule has 0 radical (unpaired) electrons. The highest BCUT2D eigenvalue weighted by Gasteiger charge is 2.33. The molecule has 0 heteroatoms. The minimum atomic E-state index is 0.547. The Morgan fingerprint density at radius 1 is 0.733 bits per heavy atom. The van der Waals surface area contributed by atoms with E-state index < -0.39 is 0 Å². The third kappa shape index (κ3) is 2.98. The van der Waals surface area contributed by atoms with Gasteiger partial charge in [-0.05, 0) is 36.0 Å². The molecule has 15 heavy (non-hydrogen) atoms. The second kappa shape index (κ2) is 4.47. The number of hydrogen-bond donors (Lipinski definition) is 0. The summed E-state index contributed by atoms with van der Waals surface area (Å²) in [6.07, 6.45) is 12.2. The first-order valence-corrected chi connectivity index (χ1v) is 7.05. The molecule has 2 rings (SSSR count). The van der Waals surface area contributed by atoms with Crippen molar-refractivity contribution in [3.63, 3.8) is 0 Å². The monoisotopic (exact) mass is 208 g/mol. The molecule has 2 aliphatic rings. The Labute approximate surface area is 95.8 Å². The van der Waals surface area contributed by atoms with Gasteiger partial charge in [0.05, 0.1) is 0 Å². The normalized spacial score (nSPS) is 38.2. The van der Waals surface area contributed by atoms with Crippen LogP contribution in [0.15, 0.2) is 0 Å². The predicted octanol–water partition coefficient (Wildman–Crippen LogP) is 5.03. The standard InChI is InChI=1S/C15H28/c1-15(2,3)14-10-12-6-4-5-7-13(11-14)9-8-12/h12-14H,4-11H2,1-3H3. The van der Waals surface area contributed by atoms with Gasteiger partial charge in [-0.25, -0.2) is 0 Å². The van der Waals surface area contributed by atoms with Crippen LogP contribution in [0.1, 0.15) is 72.1 Å². The summed E-state index contributed by atoms with van der Waals surface area (Å²) in [6.45, 7) is 7.36. The largest absolute Gasteiger partial charge is 0.0599 e. The molecule has 2 saturated carbocycles. The molecule has 0 saturated heterocycles.